The first-order valence-corrected chi connectivity index (χ1v) is 5.03. The van der Waals surface area contributed by atoms with Crippen molar-refractivity contribution in [1.29, 1.82) is 0 Å². The molecular weight excluding hydrogens is 236 g/mol. The van der Waals surface area contributed by atoms with Crippen molar-refractivity contribution in [3.05, 3.63) is 64.5 Å². The number of carbonyl (C=O) groups is 1. The van der Waals surface area contributed by atoms with E-state index in [2.05, 4.69) is 4.98 Å². The lowest BCUT2D eigenvalue weighted by Crippen LogP contribution is -2.08. The number of esters is 1. The smallest absolute Gasteiger partial charge is 0.343 e. The molecule has 1 aromatic heterocycles. The van der Waals surface area contributed by atoms with Crippen LogP contribution in [0.25, 0.3) is 0 Å². The molecule has 90 valence electrons. The van der Waals surface area contributed by atoms with Crippen LogP contribution < -0.4 is 4.74 Å². The Balaban J connectivity index is 2.10. The average molecular weight is 244 g/mol. The summed E-state index contributed by atoms with van der Waals surface area (Å²) in [5.74, 6) is -0.284. The second kappa shape index (κ2) is 5.05. The lowest BCUT2D eigenvalue weighted by Gasteiger charge is -2.03. The van der Waals surface area contributed by atoms with Crippen molar-refractivity contribution in [3.8, 4) is 5.75 Å². The van der Waals surface area contributed by atoms with E-state index < -0.39 is 10.9 Å². The predicted octanol–water partition coefficient (Wildman–Crippen LogP) is 2.21. The minimum Gasteiger partial charge on any atom is -0.423 e. The van der Waals surface area contributed by atoms with E-state index in [1.165, 1.54) is 48.8 Å². The third-order valence-electron chi connectivity index (χ3n) is 2.17. The van der Waals surface area contributed by atoms with Gasteiger partial charge in [-0.15, -0.1) is 0 Å². The number of nitro groups is 1. The van der Waals surface area contributed by atoms with E-state index >= 15 is 0 Å². The molecule has 0 saturated carbocycles. The number of ether oxygens (including phenoxy) is 1. The first kappa shape index (κ1) is 11.7. The third-order valence-corrected chi connectivity index (χ3v) is 2.17. The lowest BCUT2D eigenvalue weighted by atomic mass is 10.2. The molecule has 0 saturated heterocycles. The molecular formula is C12H8N2O4. The number of non-ortho nitro benzene ring substituents is 1. The Morgan fingerprint density at radius 3 is 2.28 bits per heavy atom. The van der Waals surface area contributed by atoms with Gasteiger partial charge in [-0.2, -0.15) is 0 Å². The Kier molecular flexibility index (Phi) is 3.29. The molecule has 6 heteroatoms. The number of hydrogen-bond acceptors (Lipinski definition) is 5. The zero-order valence-corrected chi connectivity index (χ0v) is 9.15. The van der Waals surface area contributed by atoms with Gasteiger partial charge in [-0.3, -0.25) is 15.1 Å². The highest BCUT2D eigenvalue weighted by molar-refractivity contribution is 5.90. The van der Waals surface area contributed by atoms with E-state index in [-0.39, 0.29) is 11.4 Å². The Labute approximate surface area is 102 Å². The Hall–Kier alpha value is -2.76. The van der Waals surface area contributed by atoms with Crippen molar-refractivity contribution in [2.45, 2.75) is 0 Å². The van der Waals surface area contributed by atoms with Gasteiger partial charge >= 0.3 is 5.97 Å². The number of nitrogens with zero attached hydrogens (tertiary/aromatic N) is 2. The monoisotopic (exact) mass is 244 g/mol. The number of aromatic nitrogens is 1. The van der Waals surface area contributed by atoms with Crippen molar-refractivity contribution in [2.75, 3.05) is 0 Å². The van der Waals surface area contributed by atoms with Crippen LogP contribution in [0.3, 0.4) is 0 Å². The maximum atomic E-state index is 11.6. The zero-order chi connectivity index (χ0) is 13.0. The van der Waals surface area contributed by atoms with Crippen LogP contribution in [-0.4, -0.2) is 15.9 Å². The minimum absolute atomic E-state index is 0.0567. The van der Waals surface area contributed by atoms with Gasteiger partial charge in [0.2, 0.25) is 0 Å². The van der Waals surface area contributed by atoms with Gasteiger partial charge in [0, 0.05) is 24.5 Å². The van der Waals surface area contributed by atoms with Crippen LogP contribution in [0, 0.1) is 10.1 Å². The summed E-state index contributed by atoms with van der Waals surface area (Å²) in [6.45, 7) is 0. The predicted molar refractivity (Wildman–Crippen MR) is 62.3 cm³/mol. The van der Waals surface area contributed by atoms with Gasteiger partial charge < -0.3 is 4.74 Å². The molecule has 0 spiro atoms. The first-order valence-electron chi connectivity index (χ1n) is 5.03. The van der Waals surface area contributed by atoms with Crippen molar-refractivity contribution in [2.24, 2.45) is 0 Å². The summed E-state index contributed by atoms with van der Waals surface area (Å²) in [5, 5.41) is 10.4. The van der Waals surface area contributed by atoms with Crippen molar-refractivity contribution < 1.29 is 14.5 Å². The fraction of sp³-hybridized carbons (Fsp3) is 0. The van der Waals surface area contributed by atoms with Crippen LogP contribution >= 0.6 is 0 Å². The standard InChI is InChI=1S/C12H8N2O4/c15-12(9-5-7-13-8-6-9)18-11-3-1-10(2-4-11)14(16)17/h1-8H. The van der Waals surface area contributed by atoms with Crippen molar-refractivity contribution >= 4 is 11.7 Å². The van der Waals surface area contributed by atoms with Crippen molar-refractivity contribution in [3.63, 3.8) is 0 Å². The molecule has 6 nitrogen and oxygen atoms in total. The second-order valence-electron chi connectivity index (χ2n) is 3.38. The van der Waals surface area contributed by atoms with Crippen molar-refractivity contribution in [1.82, 2.24) is 4.98 Å². The highest BCUT2D eigenvalue weighted by Crippen LogP contribution is 2.18. The van der Waals surface area contributed by atoms with Gasteiger partial charge in [-0.05, 0) is 24.3 Å². The summed E-state index contributed by atoms with van der Waals surface area (Å²) < 4.78 is 5.05. The highest BCUT2D eigenvalue weighted by atomic mass is 16.6. The van der Waals surface area contributed by atoms with Crippen LogP contribution in [0.2, 0.25) is 0 Å². The average Bonchev–Trinajstić information content (AvgIpc) is 2.40. The summed E-state index contributed by atoms with van der Waals surface area (Å²) in [6.07, 6.45) is 2.96. The molecule has 2 aromatic rings. The fourth-order valence-corrected chi connectivity index (χ4v) is 1.29. The van der Waals surface area contributed by atoms with E-state index in [1.54, 1.807) is 0 Å². The molecule has 0 amide bonds. The molecule has 0 radical (unpaired) electrons. The maximum absolute atomic E-state index is 11.6. The molecule has 1 heterocycles. The number of hydrogen-bond donors (Lipinski definition) is 0. The Morgan fingerprint density at radius 2 is 1.72 bits per heavy atom. The van der Waals surface area contributed by atoms with E-state index in [9.17, 15) is 14.9 Å². The van der Waals surface area contributed by atoms with E-state index in [0.29, 0.717) is 5.56 Å². The van der Waals surface area contributed by atoms with E-state index in [4.69, 9.17) is 4.74 Å². The topological polar surface area (TPSA) is 82.3 Å². The highest BCUT2D eigenvalue weighted by Gasteiger charge is 2.09. The summed E-state index contributed by atoms with van der Waals surface area (Å²) in [4.78, 5) is 25.4. The number of carbonyl (C=O) groups excluding carboxylic acids is 1. The van der Waals surface area contributed by atoms with Gasteiger partial charge in [-0.25, -0.2) is 4.79 Å². The molecule has 1 aromatic carbocycles. The normalized spacial score (nSPS) is 9.78. The van der Waals surface area contributed by atoms with Gasteiger partial charge in [0.1, 0.15) is 5.75 Å². The molecule has 0 fully saturated rings. The molecule has 0 bridgehead atoms. The number of benzene rings is 1. The van der Waals surface area contributed by atoms with E-state index in [1.807, 2.05) is 0 Å². The maximum Gasteiger partial charge on any atom is 0.343 e. The molecule has 0 aliphatic carbocycles. The molecule has 2 rings (SSSR count). The fourth-order valence-electron chi connectivity index (χ4n) is 1.29. The Morgan fingerprint density at radius 1 is 1.11 bits per heavy atom. The summed E-state index contributed by atoms with van der Waals surface area (Å²) in [7, 11) is 0. The van der Waals surface area contributed by atoms with Crippen LogP contribution in [0.1, 0.15) is 10.4 Å². The largest absolute Gasteiger partial charge is 0.423 e. The minimum atomic E-state index is -0.536. The van der Waals surface area contributed by atoms with E-state index in [0.717, 1.165) is 0 Å². The molecule has 0 N–H and O–H groups in total. The second-order valence-corrected chi connectivity index (χ2v) is 3.38. The number of pyridine rings is 1. The quantitative estimate of drug-likeness (QED) is 0.358. The summed E-state index contributed by atoms with van der Waals surface area (Å²) in [5.41, 5.74) is 0.307. The number of nitro benzene ring substituents is 1. The molecule has 0 atom stereocenters. The van der Waals surface area contributed by atoms with Gasteiger partial charge in [0.05, 0.1) is 10.5 Å². The molecule has 0 aliphatic rings. The zero-order valence-electron chi connectivity index (χ0n) is 9.15. The van der Waals surface area contributed by atoms with Gasteiger partial charge in [-0.1, -0.05) is 0 Å². The summed E-state index contributed by atoms with van der Waals surface area (Å²) >= 11 is 0. The van der Waals surface area contributed by atoms with Crippen LogP contribution in [0.4, 0.5) is 5.69 Å². The van der Waals surface area contributed by atoms with Crippen LogP contribution in [0.5, 0.6) is 5.75 Å². The third kappa shape index (κ3) is 2.67. The number of rotatable bonds is 3. The molecule has 0 unspecified atom stereocenters. The Bertz CT molecular complexity index is 566. The molecule has 18 heavy (non-hydrogen) atoms. The van der Waals surface area contributed by atoms with Crippen LogP contribution in [-0.2, 0) is 0 Å². The first-order chi connectivity index (χ1) is 8.66. The lowest BCUT2D eigenvalue weighted by molar-refractivity contribution is -0.384. The van der Waals surface area contributed by atoms with Gasteiger partial charge in [0.15, 0.2) is 0 Å². The molecule has 0 aliphatic heterocycles. The summed E-state index contributed by atoms with van der Waals surface area (Å²) in [6, 6.07) is 8.33. The van der Waals surface area contributed by atoms with Crippen LogP contribution in [0.15, 0.2) is 48.8 Å². The van der Waals surface area contributed by atoms with Gasteiger partial charge in [0.25, 0.3) is 5.69 Å². The SMILES string of the molecule is O=C(Oc1ccc([N+](=O)[O-])cc1)c1ccncc1.